The van der Waals surface area contributed by atoms with Crippen molar-refractivity contribution in [3.8, 4) is 11.5 Å². The van der Waals surface area contributed by atoms with Gasteiger partial charge in [-0.25, -0.2) is 4.79 Å². The molecule has 6 nitrogen and oxygen atoms in total. The molecule has 0 fully saturated rings. The molecule has 0 spiro atoms. The number of hydrogen-bond donors (Lipinski definition) is 1. The number of carbonyl (C=O) groups excluding carboxylic acids is 2. The van der Waals surface area contributed by atoms with Crippen molar-refractivity contribution in [3.63, 3.8) is 0 Å². The maximum absolute atomic E-state index is 12.1. The summed E-state index contributed by atoms with van der Waals surface area (Å²) < 4.78 is 15.0. The van der Waals surface area contributed by atoms with E-state index in [1.807, 2.05) is 0 Å². The monoisotopic (exact) mass is 293 g/mol. The zero-order valence-electron chi connectivity index (χ0n) is 12.6. The number of nitrogens with one attached hydrogen (secondary N) is 1. The van der Waals surface area contributed by atoms with E-state index in [0.717, 1.165) is 0 Å². The predicted molar refractivity (Wildman–Crippen MR) is 77.4 cm³/mol. The molecule has 1 N–H and O–H groups in total. The number of amides is 1. The highest BCUT2D eigenvalue weighted by Crippen LogP contribution is 2.22. The maximum Gasteiger partial charge on any atom is 0.332 e. The number of benzene rings is 1. The second kappa shape index (κ2) is 7.94. The molecule has 1 aromatic rings. The summed E-state index contributed by atoms with van der Waals surface area (Å²) >= 11 is 0. The topological polar surface area (TPSA) is 73.9 Å². The van der Waals surface area contributed by atoms with E-state index < -0.39 is 5.97 Å². The zero-order chi connectivity index (χ0) is 15.8. The van der Waals surface area contributed by atoms with Crippen LogP contribution in [0.25, 0.3) is 0 Å². The fourth-order valence-electron chi connectivity index (χ4n) is 1.59. The molecule has 21 heavy (non-hydrogen) atoms. The molecule has 0 bridgehead atoms. The molecule has 1 amide bonds. The van der Waals surface area contributed by atoms with Gasteiger partial charge in [-0.3, -0.25) is 4.79 Å². The summed E-state index contributed by atoms with van der Waals surface area (Å²) in [5.41, 5.74) is 0.753. The van der Waals surface area contributed by atoms with Gasteiger partial charge in [0.25, 0.3) is 5.91 Å². The molecule has 0 aliphatic rings. The molecule has 114 valence electrons. The van der Waals surface area contributed by atoms with Gasteiger partial charge in [-0.05, 0) is 26.0 Å². The van der Waals surface area contributed by atoms with Crippen molar-refractivity contribution >= 4 is 11.9 Å². The lowest BCUT2D eigenvalue weighted by molar-refractivity contribution is -0.137. The van der Waals surface area contributed by atoms with Gasteiger partial charge in [0.2, 0.25) is 0 Å². The van der Waals surface area contributed by atoms with Crippen LogP contribution in [0.5, 0.6) is 11.5 Å². The molecule has 1 rings (SSSR count). The highest BCUT2D eigenvalue weighted by Gasteiger charge is 2.10. The molecular weight excluding hydrogens is 274 g/mol. The molecular formula is C15H19NO5. The van der Waals surface area contributed by atoms with Crippen molar-refractivity contribution in [3.05, 3.63) is 35.5 Å². The summed E-state index contributed by atoms with van der Waals surface area (Å²) in [7, 11) is 3.00. The van der Waals surface area contributed by atoms with Crippen molar-refractivity contribution in [2.75, 3.05) is 20.8 Å². The van der Waals surface area contributed by atoms with Gasteiger partial charge in [-0.15, -0.1) is 0 Å². The van der Waals surface area contributed by atoms with Crippen LogP contribution in [0.15, 0.2) is 30.0 Å². The first-order valence-corrected chi connectivity index (χ1v) is 6.39. The Kier molecular flexibility index (Phi) is 6.26. The summed E-state index contributed by atoms with van der Waals surface area (Å²) in [6, 6.07) is 4.82. The van der Waals surface area contributed by atoms with Crippen LogP contribution in [-0.4, -0.2) is 32.7 Å². The SMILES string of the molecule is CCOC(=O)/C=C(\C)NC(=O)c1cc(OC)cc(OC)c1. The molecule has 0 heterocycles. The van der Waals surface area contributed by atoms with Crippen LogP contribution in [0.2, 0.25) is 0 Å². The molecule has 0 aromatic heterocycles. The summed E-state index contributed by atoms with van der Waals surface area (Å²) in [4.78, 5) is 23.4. The van der Waals surface area contributed by atoms with E-state index in [-0.39, 0.29) is 12.5 Å². The van der Waals surface area contributed by atoms with Crippen molar-refractivity contribution in [1.82, 2.24) is 5.32 Å². The van der Waals surface area contributed by atoms with Gasteiger partial charge in [0, 0.05) is 23.4 Å². The Bertz CT molecular complexity index is 529. The highest BCUT2D eigenvalue weighted by molar-refractivity contribution is 5.96. The second-order valence-corrected chi connectivity index (χ2v) is 4.13. The Morgan fingerprint density at radius 1 is 1.14 bits per heavy atom. The molecule has 0 atom stereocenters. The second-order valence-electron chi connectivity index (χ2n) is 4.13. The van der Waals surface area contributed by atoms with E-state index in [9.17, 15) is 9.59 Å². The third-order valence-electron chi connectivity index (χ3n) is 2.55. The number of ether oxygens (including phenoxy) is 3. The minimum absolute atomic E-state index is 0.281. The Morgan fingerprint density at radius 3 is 2.19 bits per heavy atom. The predicted octanol–water partition coefficient (Wildman–Crippen LogP) is 1.90. The Morgan fingerprint density at radius 2 is 1.71 bits per heavy atom. The molecule has 0 saturated carbocycles. The van der Waals surface area contributed by atoms with Crippen molar-refractivity contribution in [2.24, 2.45) is 0 Å². The van der Waals surface area contributed by atoms with Crippen molar-refractivity contribution in [1.29, 1.82) is 0 Å². The molecule has 0 aliphatic carbocycles. The molecule has 0 unspecified atom stereocenters. The van der Waals surface area contributed by atoms with Gasteiger partial charge in [0.05, 0.1) is 20.8 Å². The smallest absolute Gasteiger partial charge is 0.332 e. The van der Waals surface area contributed by atoms with Crippen LogP contribution in [0.4, 0.5) is 0 Å². The number of esters is 1. The third kappa shape index (κ3) is 5.18. The first-order valence-electron chi connectivity index (χ1n) is 6.39. The van der Waals surface area contributed by atoms with Crippen molar-refractivity contribution in [2.45, 2.75) is 13.8 Å². The quantitative estimate of drug-likeness (QED) is 0.640. The molecule has 6 heteroatoms. The van der Waals surface area contributed by atoms with Gasteiger partial charge in [0.1, 0.15) is 11.5 Å². The van der Waals surface area contributed by atoms with Gasteiger partial charge in [0.15, 0.2) is 0 Å². The van der Waals surface area contributed by atoms with Crippen molar-refractivity contribution < 1.29 is 23.8 Å². The van der Waals surface area contributed by atoms with E-state index in [4.69, 9.17) is 14.2 Å². The summed E-state index contributed by atoms with van der Waals surface area (Å²) in [5, 5.41) is 2.60. The van der Waals surface area contributed by atoms with E-state index in [1.165, 1.54) is 20.3 Å². The highest BCUT2D eigenvalue weighted by atomic mass is 16.5. The average molecular weight is 293 g/mol. The fourth-order valence-corrected chi connectivity index (χ4v) is 1.59. The average Bonchev–Trinajstić information content (AvgIpc) is 2.46. The molecule has 0 aliphatic heterocycles. The molecule has 1 aromatic carbocycles. The van der Waals surface area contributed by atoms with Crippen LogP contribution >= 0.6 is 0 Å². The molecule has 0 radical (unpaired) electrons. The van der Waals surface area contributed by atoms with Gasteiger partial charge < -0.3 is 19.5 Å². The number of rotatable bonds is 6. The summed E-state index contributed by atoms with van der Waals surface area (Å²) in [5.74, 6) is 0.141. The minimum atomic E-state index is -0.501. The van der Waals surface area contributed by atoms with Gasteiger partial charge in [-0.2, -0.15) is 0 Å². The number of methoxy groups -OCH3 is 2. The lowest BCUT2D eigenvalue weighted by Crippen LogP contribution is -2.22. The largest absolute Gasteiger partial charge is 0.497 e. The Labute approximate surface area is 123 Å². The van der Waals surface area contributed by atoms with Crippen LogP contribution < -0.4 is 14.8 Å². The van der Waals surface area contributed by atoms with E-state index >= 15 is 0 Å². The number of allylic oxidation sites excluding steroid dienone is 1. The lowest BCUT2D eigenvalue weighted by Gasteiger charge is -2.09. The van der Waals surface area contributed by atoms with Crippen LogP contribution in [-0.2, 0) is 9.53 Å². The molecule has 0 saturated heterocycles. The number of carbonyl (C=O) groups is 2. The van der Waals surface area contributed by atoms with Gasteiger partial charge in [-0.1, -0.05) is 0 Å². The van der Waals surface area contributed by atoms with E-state index in [0.29, 0.717) is 22.8 Å². The first-order chi connectivity index (χ1) is 9.99. The zero-order valence-corrected chi connectivity index (χ0v) is 12.6. The first kappa shape index (κ1) is 16.6. The summed E-state index contributed by atoms with van der Waals surface area (Å²) in [6.07, 6.45) is 1.22. The standard InChI is InChI=1S/C15H19NO5/c1-5-21-14(17)6-10(2)16-15(18)11-7-12(19-3)9-13(8-11)20-4/h6-9H,5H2,1-4H3,(H,16,18)/b10-6+. The van der Waals surface area contributed by atoms with Crippen LogP contribution in [0.3, 0.4) is 0 Å². The van der Waals surface area contributed by atoms with E-state index in [1.54, 1.807) is 32.0 Å². The van der Waals surface area contributed by atoms with E-state index in [2.05, 4.69) is 5.32 Å². The Hall–Kier alpha value is -2.50. The number of hydrogen-bond acceptors (Lipinski definition) is 5. The fraction of sp³-hybridized carbons (Fsp3) is 0.333. The van der Waals surface area contributed by atoms with Gasteiger partial charge >= 0.3 is 5.97 Å². The minimum Gasteiger partial charge on any atom is -0.497 e. The third-order valence-corrected chi connectivity index (χ3v) is 2.55. The van der Waals surface area contributed by atoms with Crippen LogP contribution in [0.1, 0.15) is 24.2 Å². The van der Waals surface area contributed by atoms with Crippen LogP contribution in [0, 0.1) is 0 Å². The Balaban J connectivity index is 2.86. The summed E-state index contributed by atoms with van der Waals surface area (Å²) in [6.45, 7) is 3.60. The maximum atomic E-state index is 12.1. The normalized spacial score (nSPS) is 10.8. The lowest BCUT2D eigenvalue weighted by atomic mass is 10.2.